The Hall–Kier alpha value is -4.73. The van der Waals surface area contributed by atoms with E-state index >= 15 is 0 Å². The van der Waals surface area contributed by atoms with Gasteiger partial charge in [0.2, 0.25) is 5.95 Å². The number of nitrogens with zero attached hydrogens (tertiary/aromatic N) is 3. The van der Waals surface area contributed by atoms with Crippen molar-refractivity contribution in [3.05, 3.63) is 92.9 Å². The normalized spacial score (nSPS) is 11.1. The number of amides is 1. The number of carbonyl (C=O) groups is 1. The van der Waals surface area contributed by atoms with Crippen molar-refractivity contribution in [2.24, 2.45) is 0 Å². The summed E-state index contributed by atoms with van der Waals surface area (Å²) in [5.74, 6) is -0.0738. The van der Waals surface area contributed by atoms with E-state index in [0.717, 1.165) is 6.07 Å². The molecule has 0 radical (unpaired) electrons. The fourth-order valence-corrected chi connectivity index (χ4v) is 3.35. The molecular weight excluding hydrogens is 426 g/mol. The summed E-state index contributed by atoms with van der Waals surface area (Å²) in [5, 5.41) is 7.49. The van der Waals surface area contributed by atoms with Gasteiger partial charge in [0.25, 0.3) is 11.5 Å². The van der Waals surface area contributed by atoms with E-state index in [-0.39, 0.29) is 28.5 Å². The minimum Gasteiger partial charge on any atom is -0.463 e. The van der Waals surface area contributed by atoms with Gasteiger partial charge in [-0.15, -0.1) is 0 Å². The first-order valence-corrected chi connectivity index (χ1v) is 10.1. The lowest BCUT2D eigenvalue weighted by molar-refractivity contribution is 0.0996. The number of aromatic amines is 1. The number of aryl methyl sites for hydroxylation is 1. The van der Waals surface area contributed by atoms with E-state index in [4.69, 9.17) is 8.83 Å². The molecule has 4 heterocycles. The van der Waals surface area contributed by atoms with Gasteiger partial charge in [0, 0.05) is 23.9 Å². The van der Waals surface area contributed by atoms with Crippen molar-refractivity contribution < 1.29 is 13.6 Å². The second-order valence-electron chi connectivity index (χ2n) is 7.14. The third kappa shape index (κ3) is 3.85. The third-order valence-corrected chi connectivity index (χ3v) is 4.93. The molecule has 0 aliphatic rings. The average Bonchev–Trinajstić information content (AvgIpc) is 3.49. The topological polar surface area (TPSA) is 136 Å². The van der Waals surface area contributed by atoms with Crippen molar-refractivity contribution in [2.45, 2.75) is 13.3 Å². The van der Waals surface area contributed by atoms with Crippen LogP contribution in [-0.2, 0) is 6.42 Å². The highest BCUT2D eigenvalue weighted by Gasteiger charge is 2.19. The minimum atomic E-state index is -0.668. The molecule has 0 unspecified atom stereocenters. The van der Waals surface area contributed by atoms with E-state index in [1.165, 1.54) is 17.0 Å². The summed E-state index contributed by atoms with van der Waals surface area (Å²) in [6.07, 6.45) is 2.03. The molecule has 4 aromatic heterocycles. The molecule has 1 aromatic carbocycles. The highest BCUT2D eigenvalue weighted by molar-refractivity contribution is 6.02. The van der Waals surface area contributed by atoms with Crippen LogP contribution < -0.4 is 16.3 Å². The van der Waals surface area contributed by atoms with Crippen LogP contribution in [0.4, 0.5) is 5.82 Å². The smallest absolute Gasteiger partial charge is 0.292 e. The van der Waals surface area contributed by atoms with Crippen LogP contribution in [0.2, 0.25) is 0 Å². The highest BCUT2D eigenvalue weighted by Crippen LogP contribution is 2.24. The fourth-order valence-electron chi connectivity index (χ4n) is 3.35. The summed E-state index contributed by atoms with van der Waals surface area (Å²) in [4.78, 5) is 44.5. The second kappa shape index (κ2) is 8.08. The van der Waals surface area contributed by atoms with Gasteiger partial charge in [-0.1, -0.05) is 19.1 Å². The zero-order valence-corrected chi connectivity index (χ0v) is 17.4. The van der Waals surface area contributed by atoms with Crippen molar-refractivity contribution in [2.75, 3.05) is 5.32 Å². The molecule has 0 bridgehead atoms. The number of aromatic nitrogens is 4. The maximum absolute atomic E-state index is 13.0. The maximum atomic E-state index is 13.0. The van der Waals surface area contributed by atoms with Crippen LogP contribution in [0.15, 0.2) is 79.3 Å². The lowest BCUT2D eigenvalue weighted by Crippen LogP contribution is -2.20. The first-order valence-electron chi connectivity index (χ1n) is 10.1. The molecular formula is C23H17N5O5. The van der Waals surface area contributed by atoms with Crippen LogP contribution in [0.1, 0.15) is 23.2 Å². The number of carbonyl (C=O) groups excluding carboxylic acids is 1. The number of furan rings is 1. The van der Waals surface area contributed by atoms with Gasteiger partial charge < -0.3 is 14.2 Å². The Balaban J connectivity index is 1.59. The van der Waals surface area contributed by atoms with E-state index in [2.05, 4.69) is 20.4 Å². The molecule has 0 saturated carbocycles. The van der Waals surface area contributed by atoms with Crippen molar-refractivity contribution >= 4 is 22.7 Å². The maximum Gasteiger partial charge on any atom is 0.292 e. The summed E-state index contributed by atoms with van der Waals surface area (Å²) in [6, 6.07) is 14.1. The summed E-state index contributed by atoms with van der Waals surface area (Å²) in [7, 11) is 0. The molecule has 0 atom stereocenters. The number of anilines is 1. The Labute approximate surface area is 185 Å². The van der Waals surface area contributed by atoms with Gasteiger partial charge in [0.05, 0.1) is 11.6 Å². The predicted molar refractivity (Wildman–Crippen MR) is 119 cm³/mol. The quantitative estimate of drug-likeness (QED) is 0.426. The highest BCUT2D eigenvalue weighted by atomic mass is 16.3. The van der Waals surface area contributed by atoms with Gasteiger partial charge in [-0.3, -0.25) is 19.4 Å². The molecule has 0 spiro atoms. The summed E-state index contributed by atoms with van der Waals surface area (Å²) in [5.41, 5.74) is 0.557. The van der Waals surface area contributed by atoms with Crippen LogP contribution in [0.3, 0.4) is 0 Å². The number of fused-ring (bicyclic) bond motifs is 1. The molecule has 5 rings (SSSR count). The summed E-state index contributed by atoms with van der Waals surface area (Å²) >= 11 is 0. The lowest BCUT2D eigenvalue weighted by Gasteiger charge is -2.08. The molecule has 0 saturated heterocycles. The molecule has 0 fully saturated rings. The van der Waals surface area contributed by atoms with Crippen LogP contribution in [0.25, 0.3) is 28.4 Å². The summed E-state index contributed by atoms with van der Waals surface area (Å²) in [6.45, 7) is 1.87. The van der Waals surface area contributed by atoms with Crippen LogP contribution >= 0.6 is 0 Å². The Bertz CT molecular complexity index is 1590. The molecule has 1 amide bonds. The van der Waals surface area contributed by atoms with Crippen LogP contribution in [-0.4, -0.2) is 25.7 Å². The lowest BCUT2D eigenvalue weighted by atomic mass is 10.2. The standard InChI is InChI=1S/C23H17N5O5/c1-2-13-10-21(30)26-23(24-13)28-20(11-15(27-28)18-8-5-9-32-18)25-22(31)19-12-16(29)14-6-3-4-7-17(14)33-19/h3-12H,2H2,1H3,(H,25,31)(H,24,26,30). The van der Waals surface area contributed by atoms with E-state index in [0.29, 0.717) is 34.5 Å². The monoisotopic (exact) mass is 443 g/mol. The number of rotatable bonds is 5. The van der Waals surface area contributed by atoms with Crippen molar-refractivity contribution in [1.29, 1.82) is 0 Å². The van der Waals surface area contributed by atoms with Crippen molar-refractivity contribution in [3.63, 3.8) is 0 Å². The fraction of sp³-hybridized carbons (Fsp3) is 0.0870. The molecule has 10 nitrogen and oxygen atoms in total. The zero-order valence-electron chi connectivity index (χ0n) is 17.4. The third-order valence-electron chi connectivity index (χ3n) is 4.93. The van der Waals surface area contributed by atoms with Gasteiger partial charge in [-0.2, -0.15) is 9.78 Å². The molecule has 164 valence electrons. The van der Waals surface area contributed by atoms with Crippen molar-refractivity contribution in [3.8, 4) is 17.4 Å². The molecule has 10 heteroatoms. The predicted octanol–water partition coefficient (Wildman–Crippen LogP) is 3.14. The van der Waals surface area contributed by atoms with E-state index < -0.39 is 5.91 Å². The van der Waals surface area contributed by atoms with Gasteiger partial charge in [0.1, 0.15) is 17.1 Å². The Morgan fingerprint density at radius 2 is 1.97 bits per heavy atom. The van der Waals surface area contributed by atoms with Crippen LogP contribution in [0, 0.1) is 0 Å². The van der Waals surface area contributed by atoms with E-state index in [1.54, 1.807) is 42.5 Å². The van der Waals surface area contributed by atoms with Gasteiger partial charge >= 0.3 is 0 Å². The molecule has 5 aromatic rings. The Morgan fingerprint density at radius 3 is 2.76 bits per heavy atom. The molecule has 2 N–H and O–H groups in total. The average molecular weight is 443 g/mol. The van der Waals surface area contributed by atoms with Gasteiger partial charge in [0.15, 0.2) is 16.9 Å². The molecule has 0 aliphatic heterocycles. The summed E-state index contributed by atoms with van der Waals surface area (Å²) < 4.78 is 12.3. The molecule has 0 aliphatic carbocycles. The number of H-pyrrole nitrogens is 1. The zero-order chi connectivity index (χ0) is 22.9. The van der Waals surface area contributed by atoms with E-state index in [9.17, 15) is 14.4 Å². The van der Waals surface area contributed by atoms with Crippen LogP contribution in [0.5, 0.6) is 0 Å². The number of hydrogen-bond acceptors (Lipinski definition) is 7. The first kappa shape index (κ1) is 20.2. The largest absolute Gasteiger partial charge is 0.463 e. The van der Waals surface area contributed by atoms with E-state index in [1.807, 2.05) is 6.92 Å². The Kier molecular flexibility index (Phi) is 4.94. The number of benzene rings is 1. The minimum absolute atomic E-state index is 0.118. The Morgan fingerprint density at radius 1 is 1.12 bits per heavy atom. The SMILES string of the molecule is CCc1cc(=O)[nH]c(-n2nc(-c3ccco3)cc2NC(=O)c2cc(=O)c3ccccc3o2)n1. The second-order valence-corrected chi connectivity index (χ2v) is 7.14. The van der Waals surface area contributed by atoms with Gasteiger partial charge in [-0.25, -0.2) is 4.98 Å². The van der Waals surface area contributed by atoms with Gasteiger partial charge in [-0.05, 0) is 30.7 Å². The number of hydrogen-bond donors (Lipinski definition) is 2. The number of nitrogens with one attached hydrogen (secondary N) is 2. The molecule has 33 heavy (non-hydrogen) atoms. The van der Waals surface area contributed by atoms with Crippen molar-refractivity contribution in [1.82, 2.24) is 19.7 Å². The first-order chi connectivity index (χ1) is 16.0. The number of para-hydroxylation sites is 1.